The zero-order chi connectivity index (χ0) is 18.6. The van der Waals surface area contributed by atoms with Crippen molar-refractivity contribution in [2.75, 3.05) is 31.5 Å². The average Bonchev–Trinajstić information content (AvgIpc) is 2.70. The van der Waals surface area contributed by atoms with Crippen LogP contribution in [0, 0.1) is 0 Å². The van der Waals surface area contributed by atoms with Gasteiger partial charge in [-0.2, -0.15) is 0 Å². The van der Waals surface area contributed by atoms with Gasteiger partial charge in [0.1, 0.15) is 0 Å². The molecule has 0 spiro atoms. The van der Waals surface area contributed by atoms with Gasteiger partial charge >= 0.3 is 6.03 Å². The molecule has 4 rings (SSSR count). The number of halogens is 1. The minimum Gasteiger partial charge on any atom is -0.322 e. The van der Waals surface area contributed by atoms with Gasteiger partial charge in [-0.25, -0.2) is 4.79 Å². The van der Waals surface area contributed by atoms with Crippen LogP contribution in [0.15, 0.2) is 66.7 Å². The van der Waals surface area contributed by atoms with Crippen LogP contribution in [-0.4, -0.2) is 42.0 Å². The van der Waals surface area contributed by atoms with E-state index in [-0.39, 0.29) is 6.03 Å². The third-order valence-electron chi connectivity index (χ3n) is 5.01. The van der Waals surface area contributed by atoms with Crippen LogP contribution in [0.1, 0.15) is 5.56 Å². The van der Waals surface area contributed by atoms with Crippen molar-refractivity contribution in [1.82, 2.24) is 9.80 Å². The first-order chi connectivity index (χ1) is 13.2. The Hall–Kier alpha value is -2.56. The molecule has 0 radical (unpaired) electrons. The molecule has 27 heavy (non-hydrogen) atoms. The Morgan fingerprint density at radius 3 is 2.37 bits per heavy atom. The lowest BCUT2D eigenvalue weighted by Crippen LogP contribution is -2.49. The van der Waals surface area contributed by atoms with Crippen molar-refractivity contribution >= 4 is 34.1 Å². The third-order valence-corrected chi connectivity index (χ3v) is 5.26. The van der Waals surface area contributed by atoms with E-state index in [1.54, 1.807) is 0 Å². The molecule has 1 fully saturated rings. The van der Waals surface area contributed by atoms with Crippen molar-refractivity contribution in [3.63, 3.8) is 0 Å². The molecule has 3 aromatic carbocycles. The molecule has 0 atom stereocenters. The topological polar surface area (TPSA) is 35.6 Å². The number of carbonyl (C=O) groups is 1. The highest BCUT2D eigenvalue weighted by Gasteiger charge is 2.21. The summed E-state index contributed by atoms with van der Waals surface area (Å²) in [6.45, 7) is 4.07. The molecule has 3 aromatic rings. The van der Waals surface area contributed by atoms with Gasteiger partial charge in [-0.3, -0.25) is 4.90 Å². The molecular formula is C22H22ClN3O. The summed E-state index contributed by atoms with van der Waals surface area (Å²) in [6.07, 6.45) is 0. The van der Waals surface area contributed by atoms with Crippen LogP contribution in [0.3, 0.4) is 0 Å². The van der Waals surface area contributed by atoms with E-state index in [4.69, 9.17) is 11.6 Å². The number of anilines is 1. The van der Waals surface area contributed by atoms with E-state index in [1.807, 2.05) is 47.4 Å². The highest BCUT2D eigenvalue weighted by atomic mass is 35.5. The van der Waals surface area contributed by atoms with Crippen LogP contribution in [0.2, 0.25) is 5.02 Å². The molecule has 138 valence electrons. The predicted octanol–water partition coefficient (Wildman–Crippen LogP) is 4.84. The van der Waals surface area contributed by atoms with Crippen molar-refractivity contribution in [3.8, 4) is 0 Å². The van der Waals surface area contributed by atoms with E-state index >= 15 is 0 Å². The molecule has 0 aromatic heterocycles. The maximum Gasteiger partial charge on any atom is 0.321 e. The lowest BCUT2D eigenvalue weighted by molar-refractivity contribution is 0.143. The van der Waals surface area contributed by atoms with Crippen LogP contribution in [0.4, 0.5) is 10.5 Å². The first kappa shape index (κ1) is 17.8. The maximum absolute atomic E-state index is 12.7. The predicted molar refractivity (Wildman–Crippen MR) is 111 cm³/mol. The van der Waals surface area contributed by atoms with Crippen molar-refractivity contribution in [2.24, 2.45) is 0 Å². The Balaban J connectivity index is 1.35. The van der Waals surface area contributed by atoms with E-state index in [0.29, 0.717) is 0 Å². The summed E-state index contributed by atoms with van der Waals surface area (Å²) in [6, 6.07) is 22.0. The number of carbonyl (C=O) groups excluding carboxylic acids is 1. The second-order valence-electron chi connectivity index (χ2n) is 6.85. The molecule has 0 unspecified atom stereocenters. The fourth-order valence-corrected chi connectivity index (χ4v) is 3.61. The van der Waals surface area contributed by atoms with E-state index in [1.165, 1.54) is 5.56 Å². The number of rotatable bonds is 3. The number of urea groups is 1. The number of fused-ring (bicyclic) bond motifs is 1. The number of hydrogen-bond donors (Lipinski definition) is 1. The summed E-state index contributed by atoms with van der Waals surface area (Å²) >= 11 is 5.95. The van der Waals surface area contributed by atoms with Crippen LogP contribution >= 0.6 is 11.6 Å². The van der Waals surface area contributed by atoms with Crippen LogP contribution in [0.5, 0.6) is 0 Å². The average molecular weight is 380 g/mol. The van der Waals surface area contributed by atoms with Gasteiger partial charge in [0.25, 0.3) is 0 Å². The second kappa shape index (κ2) is 7.99. The molecule has 1 heterocycles. The lowest BCUT2D eigenvalue weighted by atomic mass is 10.1. The normalized spacial score (nSPS) is 15.1. The standard InChI is InChI=1S/C22H22ClN3O/c23-19-10-8-17(9-11-19)16-25-12-14-26(15-13-25)22(27)24-21-7-3-5-18-4-1-2-6-20(18)21/h1-11H,12-16H2,(H,24,27). The van der Waals surface area contributed by atoms with Gasteiger partial charge in [0.05, 0.1) is 5.69 Å². The van der Waals surface area contributed by atoms with Gasteiger partial charge in [0.15, 0.2) is 0 Å². The number of hydrogen-bond acceptors (Lipinski definition) is 2. The highest BCUT2D eigenvalue weighted by Crippen LogP contribution is 2.23. The molecule has 5 heteroatoms. The largest absolute Gasteiger partial charge is 0.322 e. The fourth-order valence-electron chi connectivity index (χ4n) is 3.49. The number of piperazine rings is 1. The first-order valence-corrected chi connectivity index (χ1v) is 9.57. The molecule has 1 aliphatic heterocycles. The summed E-state index contributed by atoms with van der Waals surface area (Å²) < 4.78 is 0. The highest BCUT2D eigenvalue weighted by molar-refractivity contribution is 6.30. The van der Waals surface area contributed by atoms with Gasteiger partial charge in [-0.05, 0) is 29.1 Å². The van der Waals surface area contributed by atoms with Crippen LogP contribution in [-0.2, 0) is 6.54 Å². The van der Waals surface area contributed by atoms with Gasteiger partial charge in [0, 0.05) is 43.1 Å². The van der Waals surface area contributed by atoms with Crippen molar-refractivity contribution < 1.29 is 4.79 Å². The molecule has 1 N–H and O–H groups in total. The molecule has 1 saturated heterocycles. The minimum absolute atomic E-state index is 0.0301. The molecule has 2 amide bonds. The zero-order valence-electron chi connectivity index (χ0n) is 15.1. The van der Waals surface area contributed by atoms with Crippen LogP contribution in [0.25, 0.3) is 10.8 Å². The Kier molecular flexibility index (Phi) is 5.28. The van der Waals surface area contributed by atoms with Crippen molar-refractivity contribution in [2.45, 2.75) is 6.54 Å². The van der Waals surface area contributed by atoms with Gasteiger partial charge < -0.3 is 10.2 Å². The molecule has 0 aliphatic carbocycles. The maximum atomic E-state index is 12.7. The summed E-state index contributed by atoms with van der Waals surface area (Å²) in [4.78, 5) is 17.0. The molecule has 4 nitrogen and oxygen atoms in total. The Labute approximate surface area is 164 Å². The first-order valence-electron chi connectivity index (χ1n) is 9.19. The smallest absolute Gasteiger partial charge is 0.321 e. The van der Waals surface area contributed by atoms with Crippen molar-refractivity contribution in [1.29, 1.82) is 0 Å². The number of nitrogens with zero attached hydrogens (tertiary/aromatic N) is 2. The Morgan fingerprint density at radius 2 is 1.59 bits per heavy atom. The minimum atomic E-state index is -0.0301. The fraction of sp³-hybridized carbons (Fsp3) is 0.227. The van der Waals surface area contributed by atoms with Gasteiger partial charge in [0.2, 0.25) is 0 Å². The van der Waals surface area contributed by atoms with Crippen molar-refractivity contribution in [3.05, 3.63) is 77.3 Å². The van der Waals surface area contributed by atoms with Gasteiger partial charge in [-0.15, -0.1) is 0 Å². The molecule has 0 bridgehead atoms. The van der Waals surface area contributed by atoms with Gasteiger partial charge in [-0.1, -0.05) is 60.1 Å². The number of amides is 2. The molecular weight excluding hydrogens is 358 g/mol. The van der Waals surface area contributed by atoms with E-state index < -0.39 is 0 Å². The summed E-state index contributed by atoms with van der Waals surface area (Å²) in [5.41, 5.74) is 2.11. The monoisotopic (exact) mass is 379 g/mol. The summed E-state index contributed by atoms with van der Waals surface area (Å²) in [5.74, 6) is 0. The second-order valence-corrected chi connectivity index (χ2v) is 7.28. The van der Waals surface area contributed by atoms with E-state index in [2.05, 4.69) is 34.5 Å². The summed E-state index contributed by atoms with van der Waals surface area (Å²) in [5, 5.41) is 6.03. The van der Waals surface area contributed by atoms with E-state index in [9.17, 15) is 4.79 Å². The quantitative estimate of drug-likeness (QED) is 0.706. The Bertz CT molecular complexity index is 928. The third kappa shape index (κ3) is 4.24. The molecule has 0 saturated carbocycles. The molecule has 1 aliphatic rings. The zero-order valence-corrected chi connectivity index (χ0v) is 15.8. The SMILES string of the molecule is O=C(Nc1cccc2ccccc12)N1CCN(Cc2ccc(Cl)cc2)CC1. The lowest BCUT2D eigenvalue weighted by Gasteiger charge is -2.34. The number of benzene rings is 3. The summed E-state index contributed by atoms with van der Waals surface area (Å²) in [7, 11) is 0. The Morgan fingerprint density at radius 1 is 0.889 bits per heavy atom. The van der Waals surface area contributed by atoms with Crippen LogP contribution < -0.4 is 5.32 Å². The van der Waals surface area contributed by atoms with E-state index in [0.717, 1.165) is 54.2 Å². The number of nitrogens with one attached hydrogen (secondary N) is 1.